The summed E-state index contributed by atoms with van der Waals surface area (Å²) in [6, 6.07) is 10.3. The zero-order chi connectivity index (χ0) is 22.2. The Kier molecular flexibility index (Phi) is 5.66. The molecule has 0 aliphatic carbocycles. The second-order valence-electron chi connectivity index (χ2n) is 7.70. The van der Waals surface area contributed by atoms with E-state index in [4.69, 9.17) is 9.15 Å². The van der Waals surface area contributed by atoms with Crippen molar-refractivity contribution in [3.63, 3.8) is 0 Å². The highest BCUT2D eigenvalue weighted by atomic mass is 19.4. The Balaban J connectivity index is 1.62. The zero-order valence-corrected chi connectivity index (χ0v) is 17.2. The van der Waals surface area contributed by atoms with Crippen molar-refractivity contribution in [3.05, 3.63) is 64.9 Å². The van der Waals surface area contributed by atoms with E-state index < -0.39 is 17.8 Å². The van der Waals surface area contributed by atoms with Crippen molar-refractivity contribution in [2.45, 2.75) is 38.6 Å². The lowest BCUT2D eigenvalue weighted by atomic mass is 10.0. The third kappa shape index (κ3) is 4.39. The molecule has 0 bridgehead atoms. The minimum atomic E-state index is -4.47. The predicted octanol–water partition coefficient (Wildman–Crippen LogP) is 4.99. The normalized spacial score (nSPS) is 17.6. The van der Waals surface area contributed by atoms with Crippen molar-refractivity contribution < 1.29 is 27.1 Å². The van der Waals surface area contributed by atoms with Gasteiger partial charge < -0.3 is 19.8 Å². The summed E-state index contributed by atoms with van der Waals surface area (Å²) in [4.78, 5) is 12.8. The van der Waals surface area contributed by atoms with E-state index >= 15 is 0 Å². The van der Waals surface area contributed by atoms with Gasteiger partial charge in [0.1, 0.15) is 23.2 Å². The van der Waals surface area contributed by atoms with Crippen LogP contribution in [0.5, 0.6) is 5.75 Å². The maximum absolute atomic E-state index is 13.4. The molecule has 3 aromatic rings. The molecule has 1 saturated heterocycles. The summed E-state index contributed by atoms with van der Waals surface area (Å²) in [5.41, 5.74) is 0.247. The number of amides is 1. The number of hydrogen-bond donors (Lipinski definition) is 2. The first-order valence-corrected chi connectivity index (χ1v) is 10.1. The van der Waals surface area contributed by atoms with Crippen molar-refractivity contribution in [1.82, 2.24) is 10.6 Å². The molecule has 4 rings (SSSR count). The minimum absolute atomic E-state index is 0.0465. The molecule has 2 aromatic carbocycles. The van der Waals surface area contributed by atoms with Crippen LogP contribution in [0.15, 0.2) is 46.9 Å². The van der Waals surface area contributed by atoms with Crippen LogP contribution < -0.4 is 15.4 Å². The number of furan rings is 1. The van der Waals surface area contributed by atoms with E-state index in [1.165, 1.54) is 12.1 Å². The average molecular weight is 432 g/mol. The summed E-state index contributed by atoms with van der Waals surface area (Å²) in [5, 5.41) is 6.76. The number of carbonyl (C=O) groups excluding carboxylic acids is 1. The van der Waals surface area contributed by atoms with E-state index in [0.29, 0.717) is 34.6 Å². The van der Waals surface area contributed by atoms with E-state index in [9.17, 15) is 18.0 Å². The molecule has 1 aliphatic rings. The van der Waals surface area contributed by atoms with Crippen LogP contribution in [0.4, 0.5) is 13.2 Å². The number of nitrogens with one attached hydrogen (secondary N) is 2. The van der Waals surface area contributed by atoms with Gasteiger partial charge in [0.05, 0.1) is 11.1 Å². The highest BCUT2D eigenvalue weighted by Gasteiger charge is 2.34. The van der Waals surface area contributed by atoms with E-state index in [-0.39, 0.29) is 17.5 Å². The highest BCUT2D eigenvalue weighted by molar-refractivity contribution is 6.07. The van der Waals surface area contributed by atoms with Crippen LogP contribution in [0, 0.1) is 6.92 Å². The topological polar surface area (TPSA) is 63.5 Å². The maximum Gasteiger partial charge on any atom is 0.416 e. The van der Waals surface area contributed by atoms with Crippen LogP contribution in [-0.2, 0) is 6.18 Å². The van der Waals surface area contributed by atoms with Crippen molar-refractivity contribution in [3.8, 4) is 5.75 Å². The lowest BCUT2D eigenvalue weighted by molar-refractivity contribution is -0.138. The molecule has 1 amide bonds. The lowest BCUT2D eigenvalue weighted by Crippen LogP contribution is -2.36. The van der Waals surface area contributed by atoms with Gasteiger partial charge in [-0.05, 0) is 51.1 Å². The summed E-state index contributed by atoms with van der Waals surface area (Å²) < 4.78 is 51.6. The van der Waals surface area contributed by atoms with Crippen LogP contribution >= 0.6 is 0 Å². The average Bonchev–Trinajstić information content (AvgIpc) is 3.33. The summed E-state index contributed by atoms with van der Waals surface area (Å²) >= 11 is 0. The van der Waals surface area contributed by atoms with Crippen molar-refractivity contribution in [2.24, 2.45) is 0 Å². The van der Waals surface area contributed by atoms with Crippen LogP contribution in [0.1, 0.15) is 46.7 Å². The van der Waals surface area contributed by atoms with Crippen molar-refractivity contribution >= 4 is 16.9 Å². The Morgan fingerprint density at radius 2 is 2.03 bits per heavy atom. The fraction of sp³-hybridized carbons (Fsp3) is 0.348. The fourth-order valence-electron chi connectivity index (χ4n) is 3.97. The molecule has 31 heavy (non-hydrogen) atoms. The van der Waals surface area contributed by atoms with Gasteiger partial charge in [-0.2, -0.15) is 13.2 Å². The third-order valence-electron chi connectivity index (χ3n) is 5.48. The molecular formula is C23H23F3N2O3. The smallest absolute Gasteiger partial charge is 0.416 e. The summed E-state index contributed by atoms with van der Waals surface area (Å²) in [6.45, 7) is 4.84. The van der Waals surface area contributed by atoms with Gasteiger partial charge in [0.15, 0.2) is 0 Å². The molecule has 1 fully saturated rings. The summed E-state index contributed by atoms with van der Waals surface area (Å²) in [6.07, 6.45) is -4.46. The first kappa shape index (κ1) is 21.2. The molecule has 1 aliphatic heterocycles. The molecule has 2 heterocycles. The molecule has 164 valence electrons. The Labute approximate surface area is 177 Å². The van der Waals surface area contributed by atoms with Crippen LogP contribution in [0.2, 0.25) is 0 Å². The molecule has 8 heteroatoms. The monoisotopic (exact) mass is 432 g/mol. The fourth-order valence-corrected chi connectivity index (χ4v) is 3.97. The van der Waals surface area contributed by atoms with E-state index in [2.05, 4.69) is 10.6 Å². The highest BCUT2D eigenvalue weighted by Crippen LogP contribution is 2.37. The molecular weight excluding hydrogens is 409 g/mol. The molecule has 0 spiro atoms. The molecule has 5 nitrogen and oxygen atoms in total. The number of hydrogen-bond acceptors (Lipinski definition) is 4. The van der Waals surface area contributed by atoms with Gasteiger partial charge in [-0.3, -0.25) is 4.79 Å². The van der Waals surface area contributed by atoms with Gasteiger partial charge in [0, 0.05) is 23.5 Å². The third-order valence-corrected chi connectivity index (χ3v) is 5.48. The second kappa shape index (κ2) is 8.26. The minimum Gasteiger partial charge on any atom is -0.486 e. The molecule has 0 unspecified atom stereocenters. The zero-order valence-electron chi connectivity index (χ0n) is 17.2. The number of aryl methyl sites for hydroxylation is 1. The van der Waals surface area contributed by atoms with E-state index in [0.717, 1.165) is 19.0 Å². The number of alkyl halides is 3. The van der Waals surface area contributed by atoms with Gasteiger partial charge in [0.2, 0.25) is 0 Å². The molecule has 2 atom stereocenters. The van der Waals surface area contributed by atoms with Crippen LogP contribution in [0.25, 0.3) is 11.0 Å². The van der Waals surface area contributed by atoms with Crippen molar-refractivity contribution in [2.75, 3.05) is 13.1 Å². The standard InChI is InChI=1S/C23H23F3N2O3/c1-13(17-5-3-4-6-19(17)23(24,25)26)30-16-7-8-20-18(11-16)21(14(2)31-20)22(29)28-15-9-10-27-12-15/h3-8,11,13,15,27H,9-10,12H2,1-2H3,(H,28,29)/t13-,15-/m1/s1. The Bertz CT molecular complexity index is 1100. The maximum atomic E-state index is 13.4. The Morgan fingerprint density at radius 1 is 1.26 bits per heavy atom. The van der Waals surface area contributed by atoms with E-state index in [1.807, 2.05) is 0 Å². The molecule has 0 radical (unpaired) electrons. The number of ether oxygens (including phenoxy) is 1. The number of rotatable bonds is 5. The SMILES string of the molecule is Cc1oc2ccc(O[C@H](C)c3ccccc3C(F)(F)F)cc2c1C(=O)N[C@@H]1CCNC1. The van der Waals surface area contributed by atoms with Crippen molar-refractivity contribution in [1.29, 1.82) is 0 Å². The Hall–Kier alpha value is -3.00. The molecule has 0 saturated carbocycles. The van der Waals surface area contributed by atoms with Crippen LogP contribution in [-0.4, -0.2) is 25.0 Å². The van der Waals surface area contributed by atoms with Crippen LogP contribution in [0.3, 0.4) is 0 Å². The van der Waals surface area contributed by atoms with Gasteiger partial charge in [0.25, 0.3) is 5.91 Å². The first-order chi connectivity index (χ1) is 14.7. The quantitative estimate of drug-likeness (QED) is 0.596. The second-order valence-corrected chi connectivity index (χ2v) is 7.70. The summed E-state index contributed by atoms with van der Waals surface area (Å²) in [5.74, 6) is 0.595. The number of carbonyl (C=O) groups is 1. The largest absolute Gasteiger partial charge is 0.486 e. The van der Waals surface area contributed by atoms with E-state index in [1.54, 1.807) is 38.1 Å². The van der Waals surface area contributed by atoms with Gasteiger partial charge in [-0.25, -0.2) is 0 Å². The summed E-state index contributed by atoms with van der Waals surface area (Å²) in [7, 11) is 0. The first-order valence-electron chi connectivity index (χ1n) is 10.1. The van der Waals surface area contributed by atoms with Gasteiger partial charge >= 0.3 is 6.18 Å². The Morgan fingerprint density at radius 3 is 2.74 bits per heavy atom. The molecule has 1 aromatic heterocycles. The van der Waals surface area contributed by atoms with Gasteiger partial charge in [-0.15, -0.1) is 0 Å². The lowest BCUT2D eigenvalue weighted by Gasteiger charge is -2.20. The predicted molar refractivity (Wildman–Crippen MR) is 110 cm³/mol. The molecule has 2 N–H and O–H groups in total. The number of benzene rings is 2. The van der Waals surface area contributed by atoms with Gasteiger partial charge in [-0.1, -0.05) is 18.2 Å². The number of halogens is 3. The number of fused-ring (bicyclic) bond motifs is 1.